The van der Waals surface area contributed by atoms with Crippen LogP contribution in [-0.4, -0.2) is 17.6 Å². The summed E-state index contributed by atoms with van der Waals surface area (Å²) < 4.78 is 43.8. The highest BCUT2D eigenvalue weighted by Gasteiger charge is 2.42. The minimum absolute atomic E-state index is 0.188. The van der Waals surface area contributed by atoms with E-state index < -0.39 is 17.4 Å². The number of benzene rings is 2. The second-order valence-corrected chi connectivity index (χ2v) is 7.44. The van der Waals surface area contributed by atoms with Crippen LogP contribution in [0, 0.1) is 0 Å². The predicted octanol–water partition coefficient (Wildman–Crippen LogP) is 4.61. The second kappa shape index (κ2) is 7.55. The summed E-state index contributed by atoms with van der Waals surface area (Å²) in [4.78, 5) is 10.7. The summed E-state index contributed by atoms with van der Waals surface area (Å²) >= 11 is 0. The Kier molecular flexibility index (Phi) is 5.05. The van der Waals surface area contributed by atoms with Gasteiger partial charge in [0.1, 0.15) is 17.2 Å². The molecule has 4 rings (SSSR count). The molecule has 1 spiro atoms. The number of anilines is 1. The second-order valence-electron chi connectivity index (χ2n) is 7.44. The van der Waals surface area contributed by atoms with Gasteiger partial charge in [-0.3, -0.25) is 4.90 Å². The fraction of sp³-hybridized carbons (Fsp3) is 0.333. The molecule has 30 heavy (non-hydrogen) atoms. The Bertz CT molecular complexity index is 962. The van der Waals surface area contributed by atoms with Gasteiger partial charge in [0.05, 0.1) is 5.56 Å². The van der Waals surface area contributed by atoms with Crippen molar-refractivity contribution in [2.45, 2.75) is 43.9 Å². The van der Waals surface area contributed by atoms with E-state index in [-0.39, 0.29) is 5.96 Å². The van der Waals surface area contributed by atoms with Crippen molar-refractivity contribution in [3.8, 4) is 11.5 Å². The number of alkyl halides is 3. The monoisotopic (exact) mass is 417 g/mol. The fourth-order valence-electron chi connectivity index (χ4n) is 4.01. The summed E-state index contributed by atoms with van der Waals surface area (Å²) in [7, 11) is 0. The molecule has 6 nitrogen and oxygen atoms in total. The van der Waals surface area contributed by atoms with Gasteiger partial charge in [0.15, 0.2) is 0 Å². The van der Waals surface area contributed by atoms with Crippen LogP contribution in [0.4, 0.5) is 18.9 Å². The Morgan fingerprint density at radius 3 is 2.00 bits per heavy atom. The normalized spacial score (nSPS) is 18.7. The molecule has 0 unspecified atom stereocenters. The van der Waals surface area contributed by atoms with E-state index >= 15 is 0 Å². The molecular weight excluding hydrogens is 395 g/mol. The third-order valence-electron chi connectivity index (χ3n) is 5.36. The van der Waals surface area contributed by atoms with E-state index in [0.717, 1.165) is 49.9 Å². The van der Waals surface area contributed by atoms with Crippen LogP contribution in [-0.2, 0) is 6.18 Å². The first kappa shape index (κ1) is 20.1. The first-order valence-electron chi connectivity index (χ1n) is 9.72. The maximum Gasteiger partial charge on any atom is 0.416 e. The maximum absolute atomic E-state index is 12.7. The van der Waals surface area contributed by atoms with Gasteiger partial charge in [-0.05, 0) is 74.2 Å². The van der Waals surface area contributed by atoms with Crippen LogP contribution in [0.1, 0.15) is 37.7 Å². The molecule has 158 valence electrons. The van der Waals surface area contributed by atoms with Gasteiger partial charge in [-0.2, -0.15) is 18.2 Å². The zero-order chi connectivity index (χ0) is 21.4. The van der Waals surface area contributed by atoms with E-state index in [2.05, 4.69) is 9.98 Å². The molecule has 1 aliphatic heterocycles. The number of nitrogens with two attached hydrogens (primary N) is 2. The summed E-state index contributed by atoms with van der Waals surface area (Å²) in [6.07, 6.45) is 0.464. The number of hydrogen-bond donors (Lipinski definition) is 2. The highest BCUT2D eigenvalue weighted by molar-refractivity contribution is 6.05. The molecule has 0 saturated heterocycles. The van der Waals surface area contributed by atoms with Gasteiger partial charge >= 0.3 is 6.18 Å². The molecule has 0 aromatic heterocycles. The topological polar surface area (TPSA) is 89.2 Å². The van der Waals surface area contributed by atoms with Gasteiger partial charge in [-0.25, -0.2) is 4.99 Å². The summed E-state index contributed by atoms with van der Waals surface area (Å²) in [6, 6.07) is 11.7. The largest absolute Gasteiger partial charge is 0.457 e. The molecule has 0 bridgehead atoms. The summed E-state index contributed by atoms with van der Waals surface area (Å²) in [5, 5.41) is 0. The number of ether oxygens (including phenoxy) is 1. The third kappa shape index (κ3) is 3.92. The highest BCUT2D eigenvalue weighted by atomic mass is 19.4. The summed E-state index contributed by atoms with van der Waals surface area (Å²) in [5.41, 5.74) is 11.6. The minimum atomic E-state index is -4.38. The lowest BCUT2D eigenvalue weighted by Gasteiger charge is -2.45. The van der Waals surface area contributed by atoms with E-state index in [9.17, 15) is 13.2 Å². The van der Waals surface area contributed by atoms with Crippen molar-refractivity contribution < 1.29 is 17.9 Å². The Balaban J connectivity index is 1.55. The van der Waals surface area contributed by atoms with Gasteiger partial charge in [0, 0.05) is 5.69 Å². The van der Waals surface area contributed by atoms with Crippen LogP contribution < -0.4 is 21.1 Å². The van der Waals surface area contributed by atoms with Crippen LogP contribution >= 0.6 is 0 Å². The Morgan fingerprint density at radius 1 is 0.867 bits per heavy atom. The third-order valence-corrected chi connectivity index (χ3v) is 5.36. The predicted molar refractivity (Wildman–Crippen MR) is 109 cm³/mol. The lowest BCUT2D eigenvalue weighted by Crippen LogP contribution is -2.58. The van der Waals surface area contributed by atoms with Gasteiger partial charge < -0.3 is 16.2 Å². The molecule has 2 aliphatic rings. The van der Waals surface area contributed by atoms with E-state index in [0.29, 0.717) is 17.5 Å². The van der Waals surface area contributed by atoms with Gasteiger partial charge in [-0.15, -0.1) is 0 Å². The Labute approximate surface area is 172 Å². The number of aliphatic imine (C=N–C) groups is 2. The molecule has 2 aromatic rings. The van der Waals surface area contributed by atoms with Gasteiger partial charge in [-0.1, -0.05) is 6.42 Å². The Hall–Kier alpha value is -3.23. The maximum atomic E-state index is 12.7. The van der Waals surface area contributed by atoms with Crippen molar-refractivity contribution in [2.75, 3.05) is 4.90 Å². The molecule has 1 heterocycles. The van der Waals surface area contributed by atoms with Crippen molar-refractivity contribution in [3.63, 3.8) is 0 Å². The van der Waals surface area contributed by atoms with Crippen molar-refractivity contribution >= 4 is 17.6 Å². The molecular formula is C21H22F3N5O. The van der Waals surface area contributed by atoms with Crippen molar-refractivity contribution in [1.82, 2.24) is 0 Å². The van der Waals surface area contributed by atoms with Crippen molar-refractivity contribution in [2.24, 2.45) is 21.5 Å². The standard InChI is InChI=1S/C21H22F3N5O/c22-21(23,24)14-4-8-16(9-5-14)30-17-10-6-15(7-11-17)29-19(26)27-18(25)28-20(29)12-2-1-3-13-20/h4-11H,1-3,12-13H2,(H4,25,26,27,28). The van der Waals surface area contributed by atoms with Gasteiger partial charge in [0.2, 0.25) is 11.9 Å². The number of guanidine groups is 2. The fourth-order valence-corrected chi connectivity index (χ4v) is 4.01. The smallest absolute Gasteiger partial charge is 0.416 e. The molecule has 1 aliphatic carbocycles. The zero-order valence-electron chi connectivity index (χ0n) is 16.2. The molecule has 0 atom stereocenters. The van der Waals surface area contributed by atoms with Crippen LogP contribution in [0.2, 0.25) is 0 Å². The number of halogens is 3. The summed E-state index contributed by atoms with van der Waals surface area (Å²) in [5.74, 6) is 1.29. The SMILES string of the molecule is NC1=NC2(CCCCC2)N(c2ccc(Oc3ccc(C(F)(F)F)cc3)cc2)C(N)=N1. The lowest BCUT2D eigenvalue weighted by atomic mass is 9.87. The molecule has 4 N–H and O–H groups in total. The lowest BCUT2D eigenvalue weighted by molar-refractivity contribution is -0.137. The zero-order valence-corrected chi connectivity index (χ0v) is 16.2. The van der Waals surface area contributed by atoms with Gasteiger partial charge in [0.25, 0.3) is 0 Å². The van der Waals surface area contributed by atoms with Crippen LogP contribution in [0.25, 0.3) is 0 Å². The number of hydrogen-bond acceptors (Lipinski definition) is 6. The molecule has 0 radical (unpaired) electrons. The average Bonchev–Trinajstić information content (AvgIpc) is 2.69. The van der Waals surface area contributed by atoms with E-state index in [1.165, 1.54) is 12.1 Å². The number of rotatable bonds is 3. The van der Waals surface area contributed by atoms with E-state index in [1.807, 2.05) is 17.0 Å². The molecule has 1 saturated carbocycles. The number of nitrogens with zero attached hydrogens (tertiary/aromatic N) is 3. The minimum Gasteiger partial charge on any atom is -0.457 e. The van der Waals surface area contributed by atoms with E-state index in [4.69, 9.17) is 16.2 Å². The highest BCUT2D eigenvalue weighted by Crippen LogP contribution is 2.40. The Morgan fingerprint density at radius 2 is 1.43 bits per heavy atom. The van der Waals surface area contributed by atoms with E-state index in [1.54, 1.807) is 12.1 Å². The van der Waals surface area contributed by atoms with Crippen molar-refractivity contribution in [1.29, 1.82) is 0 Å². The molecule has 2 aromatic carbocycles. The summed E-state index contributed by atoms with van der Waals surface area (Å²) in [6.45, 7) is 0. The first-order chi connectivity index (χ1) is 14.3. The first-order valence-corrected chi connectivity index (χ1v) is 9.72. The van der Waals surface area contributed by atoms with Crippen LogP contribution in [0.5, 0.6) is 11.5 Å². The molecule has 0 amide bonds. The quantitative estimate of drug-likeness (QED) is 0.763. The molecule has 9 heteroatoms. The van der Waals surface area contributed by atoms with Crippen LogP contribution in [0.3, 0.4) is 0 Å². The average molecular weight is 417 g/mol. The van der Waals surface area contributed by atoms with Crippen LogP contribution in [0.15, 0.2) is 58.5 Å². The van der Waals surface area contributed by atoms with Crippen molar-refractivity contribution in [3.05, 3.63) is 54.1 Å². The molecule has 1 fully saturated rings.